The van der Waals surface area contributed by atoms with Gasteiger partial charge in [0, 0.05) is 0 Å². The van der Waals surface area contributed by atoms with E-state index in [9.17, 15) is 0 Å². The van der Waals surface area contributed by atoms with Gasteiger partial charge in [-0.2, -0.15) is 0 Å². The molecule has 0 saturated heterocycles. The van der Waals surface area contributed by atoms with Gasteiger partial charge in [-0.15, -0.1) is 0 Å². The van der Waals surface area contributed by atoms with E-state index in [0.717, 1.165) is 11.8 Å². The zero-order valence-corrected chi connectivity index (χ0v) is 11.6. The molecule has 96 valence electrons. The molecular weight excluding hydrogens is 204 g/mol. The summed E-state index contributed by atoms with van der Waals surface area (Å²) >= 11 is 0. The molecule has 0 aromatic heterocycles. The van der Waals surface area contributed by atoms with Gasteiger partial charge in [0.15, 0.2) is 0 Å². The monoisotopic (exact) mass is 232 g/mol. The van der Waals surface area contributed by atoms with Crippen LogP contribution in [0.25, 0.3) is 0 Å². The van der Waals surface area contributed by atoms with Crippen molar-refractivity contribution in [2.45, 2.75) is 58.8 Å². The van der Waals surface area contributed by atoms with E-state index in [1.165, 1.54) is 41.9 Å². The molecule has 4 aliphatic carbocycles. The fraction of sp³-hybridized carbons (Fsp3) is 1.00. The topological polar surface area (TPSA) is 0 Å². The number of fused-ring (bicyclic) bond motifs is 1. The number of rotatable bonds is 4. The fourth-order valence-electron chi connectivity index (χ4n) is 5.68. The summed E-state index contributed by atoms with van der Waals surface area (Å²) in [6.45, 7) is 4.85. The SMILES string of the molecule is CCC(C)C1CC1C1CC(C2C3CCCC32)C1. The van der Waals surface area contributed by atoms with Crippen molar-refractivity contribution in [2.24, 2.45) is 47.3 Å². The Balaban J connectivity index is 1.24. The van der Waals surface area contributed by atoms with Crippen molar-refractivity contribution in [1.82, 2.24) is 0 Å². The van der Waals surface area contributed by atoms with Crippen LogP contribution in [0.3, 0.4) is 0 Å². The second kappa shape index (κ2) is 3.75. The Kier molecular flexibility index (Phi) is 2.40. The van der Waals surface area contributed by atoms with Crippen LogP contribution in [0.2, 0.25) is 0 Å². The fourth-order valence-corrected chi connectivity index (χ4v) is 5.68. The molecule has 0 bridgehead atoms. The van der Waals surface area contributed by atoms with Crippen LogP contribution in [0.5, 0.6) is 0 Å². The Morgan fingerprint density at radius 2 is 1.65 bits per heavy atom. The molecule has 0 heteroatoms. The van der Waals surface area contributed by atoms with E-state index in [2.05, 4.69) is 13.8 Å². The summed E-state index contributed by atoms with van der Waals surface area (Å²) in [6, 6.07) is 0. The molecule has 4 saturated carbocycles. The smallest absolute Gasteiger partial charge is 0.0323 e. The normalized spacial score (nSPS) is 57.2. The summed E-state index contributed by atoms with van der Waals surface area (Å²) in [5.74, 6) is 9.31. The molecule has 5 atom stereocenters. The second-order valence-electron chi connectivity index (χ2n) is 7.78. The molecule has 4 fully saturated rings. The van der Waals surface area contributed by atoms with Crippen LogP contribution in [-0.4, -0.2) is 0 Å². The van der Waals surface area contributed by atoms with Gasteiger partial charge in [0.25, 0.3) is 0 Å². The molecular formula is C17H28. The van der Waals surface area contributed by atoms with Crippen molar-refractivity contribution < 1.29 is 0 Å². The van der Waals surface area contributed by atoms with Gasteiger partial charge in [-0.05, 0) is 79.4 Å². The van der Waals surface area contributed by atoms with Crippen molar-refractivity contribution in [3.8, 4) is 0 Å². The highest BCUT2D eigenvalue weighted by Gasteiger charge is 2.60. The minimum Gasteiger partial charge on any atom is -0.0651 e. The first kappa shape index (κ1) is 10.9. The van der Waals surface area contributed by atoms with E-state index in [1.807, 2.05) is 0 Å². The lowest BCUT2D eigenvalue weighted by Gasteiger charge is -2.37. The van der Waals surface area contributed by atoms with Gasteiger partial charge in [0.1, 0.15) is 0 Å². The molecule has 17 heavy (non-hydrogen) atoms. The summed E-state index contributed by atoms with van der Waals surface area (Å²) in [5.41, 5.74) is 0. The molecule has 0 aliphatic heterocycles. The quantitative estimate of drug-likeness (QED) is 0.656. The predicted octanol–water partition coefficient (Wildman–Crippen LogP) is 4.74. The first-order valence-electron chi connectivity index (χ1n) is 8.29. The predicted molar refractivity (Wildman–Crippen MR) is 71.6 cm³/mol. The van der Waals surface area contributed by atoms with Crippen LogP contribution in [0.15, 0.2) is 0 Å². The molecule has 0 heterocycles. The van der Waals surface area contributed by atoms with Crippen LogP contribution in [0, 0.1) is 47.3 Å². The Labute approximate surface area is 107 Å². The summed E-state index contributed by atoms with van der Waals surface area (Å²) in [5, 5.41) is 0. The third kappa shape index (κ3) is 1.62. The van der Waals surface area contributed by atoms with Crippen LogP contribution < -0.4 is 0 Å². The van der Waals surface area contributed by atoms with E-state index < -0.39 is 0 Å². The summed E-state index contributed by atoms with van der Waals surface area (Å²) in [6.07, 6.45) is 11.0. The molecule has 0 nitrogen and oxygen atoms in total. The zero-order chi connectivity index (χ0) is 11.6. The zero-order valence-electron chi connectivity index (χ0n) is 11.6. The van der Waals surface area contributed by atoms with Gasteiger partial charge < -0.3 is 0 Å². The van der Waals surface area contributed by atoms with E-state index in [4.69, 9.17) is 0 Å². The highest BCUT2D eigenvalue weighted by molar-refractivity contribution is 5.09. The van der Waals surface area contributed by atoms with Crippen LogP contribution in [0.1, 0.15) is 58.8 Å². The summed E-state index contributed by atoms with van der Waals surface area (Å²) < 4.78 is 0. The minimum atomic E-state index is 1.01. The molecule has 5 unspecified atom stereocenters. The maximum atomic E-state index is 2.48. The third-order valence-electron chi connectivity index (χ3n) is 7.10. The van der Waals surface area contributed by atoms with Gasteiger partial charge in [0.2, 0.25) is 0 Å². The van der Waals surface area contributed by atoms with Gasteiger partial charge in [-0.25, -0.2) is 0 Å². The maximum Gasteiger partial charge on any atom is -0.0323 e. The van der Waals surface area contributed by atoms with E-state index in [1.54, 1.807) is 38.5 Å². The first-order chi connectivity index (χ1) is 8.29. The molecule has 0 aromatic rings. The first-order valence-corrected chi connectivity index (χ1v) is 8.29. The maximum absolute atomic E-state index is 2.48. The average molecular weight is 232 g/mol. The number of hydrogen-bond donors (Lipinski definition) is 0. The lowest BCUT2D eigenvalue weighted by Crippen LogP contribution is -2.29. The van der Waals surface area contributed by atoms with Crippen LogP contribution in [0.4, 0.5) is 0 Å². The Bertz CT molecular complexity index is 291. The van der Waals surface area contributed by atoms with Gasteiger partial charge in [0.05, 0.1) is 0 Å². The lowest BCUT2D eigenvalue weighted by atomic mass is 9.68. The third-order valence-corrected chi connectivity index (χ3v) is 7.10. The average Bonchev–Trinajstić information content (AvgIpc) is 3.15. The van der Waals surface area contributed by atoms with Crippen molar-refractivity contribution in [3.05, 3.63) is 0 Å². The van der Waals surface area contributed by atoms with E-state index in [-0.39, 0.29) is 0 Å². The molecule has 0 aromatic carbocycles. The molecule has 0 N–H and O–H groups in total. The Morgan fingerprint density at radius 3 is 2.29 bits per heavy atom. The summed E-state index contributed by atoms with van der Waals surface area (Å²) in [4.78, 5) is 0. The van der Waals surface area contributed by atoms with Crippen LogP contribution >= 0.6 is 0 Å². The molecule has 0 radical (unpaired) electrons. The molecule has 4 rings (SSSR count). The minimum absolute atomic E-state index is 1.01. The van der Waals surface area contributed by atoms with E-state index in [0.29, 0.717) is 0 Å². The van der Waals surface area contributed by atoms with Crippen molar-refractivity contribution in [3.63, 3.8) is 0 Å². The standard InChI is InChI=1S/C17H28/c1-3-10(2)15-9-16(15)11-7-12(8-11)17-13-5-4-6-14(13)17/h10-17H,3-9H2,1-2H3. The number of hydrogen-bond acceptors (Lipinski definition) is 0. The molecule has 0 spiro atoms. The molecule has 4 aliphatic rings. The highest BCUT2D eigenvalue weighted by Crippen LogP contribution is 2.67. The Hall–Kier alpha value is 0. The van der Waals surface area contributed by atoms with Crippen molar-refractivity contribution >= 4 is 0 Å². The van der Waals surface area contributed by atoms with Gasteiger partial charge in [-0.3, -0.25) is 0 Å². The highest BCUT2D eigenvalue weighted by atomic mass is 14.6. The van der Waals surface area contributed by atoms with Crippen molar-refractivity contribution in [1.29, 1.82) is 0 Å². The second-order valence-corrected chi connectivity index (χ2v) is 7.78. The van der Waals surface area contributed by atoms with Crippen molar-refractivity contribution in [2.75, 3.05) is 0 Å². The Morgan fingerprint density at radius 1 is 0.941 bits per heavy atom. The molecule has 0 amide bonds. The van der Waals surface area contributed by atoms with Gasteiger partial charge in [-0.1, -0.05) is 26.7 Å². The lowest BCUT2D eigenvalue weighted by molar-refractivity contribution is 0.123. The van der Waals surface area contributed by atoms with Crippen LogP contribution in [-0.2, 0) is 0 Å². The summed E-state index contributed by atoms with van der Waals surface area (Å²) in [7, 11) is 0. The largest absolute Gasteiger partial charge is 0.0651 e. The van der Waals surface area contributed by atoms with Gasteiger partial charge >= 0.3 is 0 Å². The van der Waals surface area contributed by atoms with E-state index >= 15 is 0 Å².